The number of likely N-dealkylation sites (N-methyl/N-ethyl adjacent to an activating group) is 1. The topological polar surface area (TPSA) is 24.9 Å². The lowest BCUT2D eigenvalue weighted by Gasteiger charge is -2.20. The van der Waals surface area contributed by atoms with Crippen molar-refractivity contribution < 1.29 is 0 Å². The van der Waals surface area contributed by atoms with E-state index in [0.29, 0.717) is 6.04 Å². The lowest BCUT2D eigenvalue weighted by Crippen LogP contribution is -2.31. The van der Waals surface area contributed by atoms with Gasteiger partial charge in [-0.25, -0.2) is 0 Å². The van der Waals surface area contributed by atoms with Crippen molar-refractivity contribution in [2.45, 2.75) is 57.9 Å². The summed E-state index contributed by atoms with van der Waals surface area (Å²) in [5, 5.41) is 4.40. The minimum atomic E-state index is 0.547. The Hall–Kier alpha value is -0.600. The molecule has 1 heterocycles. The fraction of sp³-hybridized carbons (Fsp3) is 0.688. The van der Waals surface area contributed by atoms with E-state index >= 15 is 0 Å². The third-order valence-electron chi connectivity index (χ3n) is 4.21. The summed E-state index contributed by atoms with van der Waals surface area (Å²) < 4.78 is 0. The molecular weight excluding hydrogens is 256 g/mol. The van der Waals surface area contributed by atoms with Crippen molar-refractivity contribution in [3.8, 4) is 0 Å². The quantitative estimate of drug-likeness (QED) is 0.809. The maximum atomic E-state index is 6.21. The van der Waals surface area contributed by atoms with E-state index in [4.69, 9.17) is 11.6 Å². The van der Waals surface area contributed by atoms with Gasteiger partial charge >= 0.3 is 0 Å². The van der Waals surface area contributed by atoms with Gasteiger partial charge in [0, 0.05) is 18.4 Å². The van der Waals surface area contributed by atoms with Crippen LogP contribution in [0.25, 0.3) is 0 Å². The molecule has 0 aliphatic heterocycles. The van der Waals surface area contributed by atoms with Crippen LogP contribution in [0.4, 0.5) is 0 Å². The molecule has 106 valence electrons. The number of aromatic nitrogens is 1. The summed E-state index contributed by atoms with van der Waals surface area (Å²) in [6.45, 7) is 3.20. The Bertz CT molecular complexity index is 375. The van der Waals surface area contributed by atoms with Crippen LogP contribution in [0.3, 0.4) is 0 Å². The first-order valence-corrected chi connectivity index (χ1v) is 7.99. The summed E-state index contributed by atoms with van der Waals surface area (Å²) in [5.41, 5.74) is 1.22. The molecule has 1 N–H and O–H groups in total. The first-order valence-electron chi connectivity index (χ1n) is 7.61. The highest BCUT2D eigenvalue weighted by molar-refractivity contribution is 6.31. The molecule has 2 rings (SSSR count). The van der Waals surface area contributed by atoms with Crippen LogP contribution in [0.2, 0.25) is 5.02 Å². The fourth-order valence-corrected chi connectivity index (χ4v) is 3.33. The number of rotatable bonds is 7. The smallest absolute Gasteiger partial charge is 0.0621 e. The van der Waals surface area contributed by atoms with Crippen LogP contribution in [-0.2, 0) is 6.42 Å². The van der Waals surface area contributed by atoms with E-state index in [1.807, 2.05) is 12.3 Å². The third-order valence-corrected chi connectivity index (χ3v) is 4.55. The van der Waals surface area contributed by atoms with Crippen molar-refractivity contribution >= 4 is 11.6 Å². The molecule has 1 aromatic heterocycles. The zero-order valence-corrected chi connectivity index (χ0v) is 12.6. The SMILES string of the molecule is CCNC(CCC1CCCC1)Cc1ccncc1Cl. The van der Waals surface area contributed by atoms with Crippen LogP contribution in [0.1, 0.15) is 51.0 Å². The van der Waals surface area contributed by atoms with Crippen molar-refractivity contribution in [2.75, 3.05) is 6.54 Å². The van der Waals surface area contributed by atoms with E-state index in [1.54, 1.807) is 6.20 Å². The molecule has 19 heavy (non-hydrogen) atoms. The van der Waals surface area contributed by atoms with E-state index < -0.39 is 0 Å². The second-order valence-electron chi connectivity index (χ2n) is 5.65. The normalized spacial score (nSPS) is 17.8. The molecular formula is C16H25ClN2. The molecule has 3 heteroatoms. The maximum absolute atomic E-state index is 6.21. The molecule has 0 spiro atoms. The second kappa shape index (κ2) is 7.86. The fourth-order valence-electron chi connectivity index (χ4n) is 3.14. The van der Waals surface area contributed by atoms with Crippen molar-refractivity contribution in [1.82, 2.24) is 10.3 Å². The summed E-state index contributed by atoms with van der Waals surface area (Å²) in [5.74, 6) is 0.967. The predicted molar refractivity (Wildman–Crippen MR) is 81.6 cm³/mol. The highest BCUT2D eigenvalue weighted by Gasteiger charge is 2.17. The van der Waals surface area contributed by atoms with Gasteiger partial charge in [-0.2, -0.15) is 0 Å². The zero-order chi connectivity index (χ0) is 13.5. The summed E-state index contributed by atoms with van der Waals surface area (Å²) in [6.07, 6.45) is 13.0. The molecule has 0 aromatic carbocycles. The highest BCUT2D eigenvalue weighted by Crippen LogP contribution is 2.29. The van der Waals surface area contributed by atoms with Crippen molar-refractivity contribution in [2.24, 2.45) is 5.92 Å². The van der Waals surface area contributed by atoms with Gasteiger partial charge in [0.2, 0.25) is 0 Å². The lowest BCUT2D eigenvalue weighted by molar-refractivity contribution is 0.407. The van der Waals surface area contributed by atoms with Crippen LogP contribution in [-0.4, -0.2) is 17.6 Å². The number of pyridine rings is 1. The van der Waals surface area contributed by atoms with Gasteiger partial charge in [-0.1, -0.05) is 44.2 Å². The van der Waals surface area contributed by atoms with E-state index in [9.17, 15) is 0 Å². The first kappa shape index (κ1) is 14.8. The van der Waals surface area contributed by atoms with E-state index in [-0.39, 0.29) is 0 Å². The van der Waals surface area contributed by atoms with Crippen molar-refractivity contribution in [3.63, 3.8) is 0 Å². The molecule has 0 amide bonds. The van der Waals surface area contributed by atoms with Crippen LogP contribution in [0, 0.1) is 5.92 Å². The number of nitrogens with zero attached hydrogens (tertiary/aromatic N) is 1. The molecule has 0 saturated heterocycles. The average Bonchev–Trinajstić information content (AvgIpc) is 2.92. The Kier molecular flexibility index (Phi) is 6.12. The van der Waals surface area contributed by atoms with Gasteiger partial charge < -0.3 is 5.32 Å². The van der Waals surface area contributed by atoms with Crippen LogP contribution in [0.5, 0.6) is 0 Å². The third kappa shape index (κ3) is 4.77. The van der Waals surface area contributed by atoms with Crippen LogP contribution < -0.4 is 5.32 Å². The number of hydrogen-bond donors (Lipinski definition) is 1. The van der Waals surface area contributed by atoms with Crippen molar-refractivity contribution in [1.29, 1.82) is 0 Å². The van der Waals surface area contributed by atoms with E-state index in [1.165, 1.54) is 44.1 Å². The molecule has 1 aromatic rings. The summed E-state index contributed by atoms with van der Waals surface area (Å²) in [4.78, 5) is 4.05. The molecule has 1 atom stereocenters. The van der Waals surface area contributed by atoms with Gasteiger partial charge in [0.25, 0.3) is 0 Å². The van der Waals surface area contributed by atoms with Gasteiger partial charge in [0.05, 0.1) is 5.02 Å². The monoisotopic (exact) mass is 280 g/mol. The zero-order valence-electron chi connectivity index (χ0n) is 11.9. The average molecular weight is 281 g/mol. The Morgan fingerprint density at radius 3 is 2.89 bits per heavy atom. The van der Waals surface area contributed by atoms with Crippen LogP contribution in [0.15, 0.2) is 18.5 Å². The number of halogens is 1. The Morgan fingerprint density at radius 2 is 2.21 bits per heavy atom. The predicted octanol–water partition coefficient (Wildman–Crippen LogP) is 4.23. The molecule has 2 nitrogen and oxygen atoms in total. The molecule has 1 aliphatic rings. The molecule has 0 bridgehead atoms. The van der Waals surface area contributed by atoms with Gasteiger partial charge in [-0.15, -0.1) is 0 Å². The number of nitrogens with one attached hydrogen (secondary N) is 1. The molecule has 0 radical (unpaired) electrons. The largest absolute Gasteiger partial charge is 0.314 e. The summed E-state index contributed by atoms with van der Waals surface area (Å²) in [7, 11) is 0. The molecule has 1 aliphatic carbocycles. The molecule has 1 fully saturated rings. The maximum Gasteiger partial charge on any atom is 0.0621 e. The first-order chi connectivity index (χ1) is 9.29. The number of hydrogen-bond acceptors (Lipinski definition) is 2. The van der Waals surface area contributed by atoms with Crippen molar-refractivity contribution in [3.05, 3.63) is 29.0 Å². The minimum absolute atomic E-state index is 0.547. The van der Waals surface area contributed by atoms with E-state index in [2.05, 4.69) is 17.2 Å². The molecule has 1 unspecified atom stereocenters. The Balaban J connectivity index is 1.86. The summed E-state index contributed by atoms with van der Waals surface area (Å²) >= 11 is 6.21. The Morgan fingerprint density at radius 1 is 1.42 bits per heavy atom. The van der Waals surface area contributed by atoms with Gasteiger partial charge in [-0.05, 0) is 43.4 Å². The van der Waals surface area contributed by atoms with Gasteiger partial charge in [-0.3, -0.25) is 4.98 Å². The van der Waals surface area contributed by atoms with E-state index in [0.717, 1.165) is 23.9 Å². The second-order valence-corrected chi connectivity index (χ2v) is 6.06. The summed E-state index contributed by atoms with van der Waals surface area (Å²) in [6, 6.07) is 2.59. The Labute approximate surface area is 122 Å². The lowest BCUT2D eigenvalue weighted by atomic mass is 9.95. The van der Waals surface area contributed by atoms with Gasteiger partial charge in [0.1, 0.15) is 0 Å². The standard InChI is InChI=1S/C16H25ClN2/c1-2-19-15(8-7-13-5-3-4-6-13)11-14-9-10-18-12-16(14)17/h9-10,12-13,15,19H,2-8,11H2,1H3. The molecule has 1 saturated carbocycles. The minimum Gasteiger partial charge on any atom is -0.314 e. The van der Waals surface area contributed by atoms with Gasteiger partial charge in [0.15, 0.2) is 0 Å². The van der Waals surface area contributed by atoms with Crippen LogP contribution >= 0.6 is 11.6 Å². The highest BCUT2D eigenvalue weighted by atomic mass is 35.5.